The van der Waals surface area contributed by atoms with Gasteiger partial charge in [-0.1, -0.05) is 0 Å². The first-order valence-electron chi connectivity index (χ1n) is 8.20. The summed E-state index contributed by atoms with van der Waals surface area (Å²) in [5.74, 6) is 4.10. The molecule has 1 aliphatic heterocycles. The highest BCUT2D eigenvalue weighted by Gasteiger charge is 2.39. The zero-order valence-corrected chi connectivity index (χ0v) is 14.5. The fourth-order valence-electron chi connectivity index (χ4n) is 2.76. The molecule has 0 aliphatic carbocycles. The van der Waals surface area contributed by atoms with Crippen molar-refractivity contribution < 1.29 is 9.53 Å². The number of ether oxygens (including phenoxy) is 1. The second-order valence-corrected chi connectivity index (χ2v) is 6.11. The zero-order valence-electron chi connectivity index (χ0n) is 14.5. The summed E-state index contributed by atoms with van der Waals surface area (Å²) in [6.07, 6.45) is 7.57. The van der Waals surface area contributed by atoms with Crippen LogP contribution in [-0.2, 0) is 18.4 Å². The Morgan fingerprint density at radius 3 is 2.88 bits per heavy atom. The van der Waals surface area contributed by atoms with E-state index in [1.54, 1.807) is 7.11 Å². The zero-order chi connectivity index (χ0) is 17.9. The van der Waals surface area contributed by atoms with Gasteiger partial charge in [0.15, 0.2) is 5.66 Å². The van der Waals surface area contributed by atoms with Gasteiger partial charge in [0, 0.05) is 38.8 Å². The number of carbonyl (C=O) groups is 1. The molecule has 1 amide bonds. The minimum atomic E-state index is -0.418. The quantitative estimate of drug-likeness (QED) is 0.751. The number of terminal acetylenes is 1. The van der Waals surface area contributed by atoms with Crippen LogP contribution in [0.4, 0.5) is 0 Å². The van der Waals surface area contributed by atoms with E-state index in [4.69, 9.17) is 11.2 Å². The van der Waals surface area contributed by atoms with Crippen molar-refractivity contribution >= 4 is 16.9 Å². The third-order valence-electron chi connectivity index (χ3n) is 4.43. The number of nitrogens with zero attached hydrogens (tertiary/aromatic N) is 4. The monoisotopic (exact) mass is 339 g/mol. The predicted molar refractivity (Wildman–Crippen MR) is 94.0 cm³/mol. The van der Waals surface area contributed by atoms with E-state index in [0.29, 0.717) is 32.2 Å². The molecule has 2 heterocycles. The molecule has 1 aromatic carbocycles. The Bertz CT molecular complexity index is 856. The lowest BCUT2D eigenvalue weighted by atomic mass is 10.0. The van der Waals surface area contributed by atoms with Gasteiger partial charge in [-0.05, 0) is 12.1 Å². The summed E-state index contributed by atoms with van der Waals surface area (Å²) in [6, 6.07) is 5.73. The number of amides is 1. The fraction of sp³-hybridized carbons (Fsp3) is 0.444. The SMILES string of the molecule is C#CCCC1(CCC(=O)NCc2nc3cc(OC)ccc3n2C)N=N1. The van der Waals surface area contributed by atoms with Crippen LogP contribution in [0.25, 0.3) is 11.0 Å². The Balaban J connectivity index is 1.55. The molecule has 2 aromatic rings. The number of hydrogen-bond donors (Lipinski definition) is 1. The van der Waals surface area contributed by atoms with E-state index in [1.165, 1.54) is 0 Å². The predicted octanol–water partition coefficient (Wildman–Crippen LogP) is 2.55. The lowest BCUT2D eigenvalue weighted by molar-refractivity contribution is -0.121. The summed E-state index contributed by atoms with van der Waals surface area (Å²) >= 11 is 0. The molecule has 3 rings (SSSR count). The molecule has 1 aliphatic rings. The lowest BCUT2D eigenvalue weighted by Gasteiger charge is -2.09. The van der Waals surface area contributed by atoms with E-state index >= 15 is 0 Å². The van der Waals surface area contributed by atoms with Crippen LogP contribution in [0, 0.1) is 12.3 Å². The van der Waals surface area contributed by atoms with Gasteiger partial charge in [-0.2, -0.15) is 10.2 Å². The molecule has 7 heteroatoms. The maximum absolute atomic E-state index is 12.1. The number of methoxy groups -OCH3 is 1. The maximum Gasteiger partial charge on any atom is 0.220 e. The molecule has 0 radical (unpaired) electrons. The molecule has 7 nitrogen and oxygen atoms in total. The van der Waals surface area contributed by atoms with Crippen LogP contribution >= 0.6 is 0 Å². The van der Waals surface area contributed by atoms with Gasteiger partial charge in [0.1, 0.15) is 11.6 Å². The Labute approximate surface area is 146 Å². The van der Waals surface area contributed by atoms with E-state index in [2.05, 4.69) is 26.4 Å². The van der Waals surface area contributed by atoms with Gasteiger partial charge in [0.05, 0.1) is 24.7 Å². The number of aromatic nitrogens is 2. The first-order chi connectivity index (χ1) is 12.1. The van der Waals surface area contributed by atoms with Crippen molar-refractivity contribution in [3.05, 3.63) is 24.0 Å². The van der Waals surface area contributed by atoms with Gasteiger partial charge in [-0.15, -0.1) is 12.3 Å². The molecule has 0 atom stereocenters. The molecular weight excluding hydrogens is 318 g/mol. The van der Waals surface area contributed by atoms with Crippen LogP contribution in [0.1, 0.15) is 31.5 Å². The molecule has 0 bridgehead atoms. The van der Waals surface area contributed by atoms with Gasteiger partial charge < -0.3 is 14.6 Å². The Kier molecular flexibility index (Phi) is 4.70. The number of aryl methyl sites for hydroxylation is 1. The topological polar surface area (TPSA) is 80.9 Å². The number of carbonyl (C=O) groups excluding carboxylic acids is 1. The van der Waals surface area contributed by atoms with Crippen molar-refractivity contribution in [3.8, 4) is 18.1 Å². The molecule has 1 aromatic heterocycles. The summed E-state index contributed by atoms with van der Waals surface area (Å²) in [7, 11) is 3.56. The third-order valence-corrected chi connectivity index (χ3v) is 4.43. The van der Waals surface area contributed by atoms with Crippen LogP contribution in [0.2, 0.25) is 0 Å². The molecule has 25 heavy (non-hydrogen) atoms. The Morgan fingerprint density at radius 1 is 1.40 bits per heavy atom. The van der Waals surface area contributed by atoms with E-state index in [9.17, 15) is 4.79 Å². The van der Waals surface area contributed by atoms with Gasteiger partial charge in [-0.3, -0.25) is 4.79 Å². The van der Waals surface area contributed by atoms with Gasteiger partial charge >= 0.3 is 0 Å². The number of hydrogen-bond acceptors (Lipinski definition) is 5. The molecule has 0 saturated heterocycles. The van der Waals surface area contributed by atoms with Gasteiger partial charge in [0.2, 0.25) is 5.91 Å². The van der Waals surface area contributed by atoms with Crippen molar-refractivity contribution in [1.82, 2.24) is 14.9 Å². The van der Waals surface area contributed by atoms with Crippen LogP contribution in [0.5, 0.6) is 5.75 Å². The van der Waals surface area contributed by atoms with Crippen LogP contribution < -0.4 is 10.1 Å². The van der Waals surface area contributed by atoms with Crippen molar-refractivity contribution in [2.45, 2.75) is 37.9 Å². The Hall–Kier alpha value is -2.88. The largest absolute Gasteiger partial charge is 0.497 e. The number of nitrogens with one attached hydrogen (secondary N) is 1. The molecule has 0 saturated carbocycles. The average Bonchev–Trinajstić information content (AvgIpc) is 3.34. The number of imidazole rings is 1. The van der Waals surface area contributed by atoms with Crippen LogP contribution in [-0.4, -0.2) is 28.2 Å². The third kappa shape index (κ3) is 3.79. The molecule has 0 fully saturated rings. The highest BCUT2D eigenvalue weighted by atomic mass is 16.5. The smallest absolute Gasteiger partial charge is 0.220 e. The first-order valence-corrected chi connectivity index (χ1v) is 8.20. The van der Waals surface area contributed by atoms with Crippen molar-refractivity contribution in [2.24, 2.45) is 17.3 Å². The highest BCUT2D eigenvalue weighted by molar-refractivity contribution is 5.78. The van der Waals surface area contributed by atoms with Crippen molar-refractivity contribution in [3.63, 3.8) is 0 Å². The molecular formula is C18H21N5O2. The molecule has 0 unspecified atom stereocenters. The summed E-state index contributed by atoms with van der Waals surface area (Å²) in [6.45, 7) is 0.373. The van der Waals surface area contributed by atoms with Crippen LogP contribution in [0.3, 0.4) is 0 Å². The second kappa shape index (κ2) is 6.93. The van der Waals surface area contributed by atoms with E-state index < -0.39 is 5.66 Å². The number of fused-ring (bicyclic) bond motifs is 1. The number of rotatable bonds is 8. The number of benzene rings is 1. The summed E-state index contributed by atoms with van der Waals surface area (Å²) in [5.41, 5.74) is 1.42. The molecule has 1 N–H and O–H groups in total. The van der Waals surface area contributed by atoms with Crippen molar-refractivity contribution in [1.29, 1.82) is 0 Å². The van der Waals surface area contributed by atoms with E-state index in [0.717, 1.165) is 22.6 Å². The summed E-state index contributed by atoms with van der Waals surface area (Å²) in [5, 5.41) is 11.0. The maximum atomic E-state index is 12.1. The second-order valence-electron chi connectivity index (χ2n) is 6.11. The summed E-state index contributed by atoms with van der Waals surface area (Å²) in [4.78, 5) is 16.7. The van der Waals surface area contributed by atoms with E-state index in [1.807, 2.05) is 29.8 Å². The minimum Gasteiger partial charge on any atom is -0.497 e. The van der Waals surface area contributed by atoms with Gasteiger partial charge in [0.25, 0.3) is 0 Å². The van der Waals surface area contributed by atoms with Gasteiger partial charge in [-0.25, -0.2) is 4.98 Å². The molecule has 130 valence electrons. The first kappa shape index (κ1) is 17.0. The fourth-order valence-corrected chi connectivity index (χ4v) is 2.76. The lowest BCUT2D eigenvalue weighted by Crippen LogP contribution is -2.26. The normalized spacial score (nSPS) is 14.3. The Morgan fingerprint density at radius 2 is 2.20 bits per heavy atom. The van der Waals surface area contributed by atoms with Crippen LogP contribution in [0.15, 0.2) is 28.4 Å². The summed E-state index contributed by atoms with van der Waals surface area (Å²) < 4.78 is 7.19. The minimum absolute atomic E-state index is 0.0398. The standard InChI is InChI=1S/C18H21N5O2/c1-4-5-9-18(21-22-18)10-8-17(24)19-12-16-20-14-11-13(25-3)6-7-15(14)23(16)2/h1,6-7,11H,5,8-10,12H2,2-3H3,(H,19,24). The van der Waals surface area contributed by atoms with Crippen molar-refractivity contribution in [2.75, 3.05) is 7.11 Å². The van der Waals surface area contributed by atoms with E-state index in [-0.39, 0.29) is 5.91 Å². The molecule has 0 spiro atoms. The average molecular weight is 339 g/mol. The highest BCUT2D eigenvalue weighted by Crippen LogP contribution is 2.37.